The van der Waals surface area contributed by atoms with Crippen molar-refractivity contribution in [2.24, 2.45) is 17.8 Å². The van der Waals surface area contributed by atoms with Crippen LogP contribution in [0.25, 0.3) is 61.2 Å². The first-order valence-corrected chi connectivity index (χ1v) is 32.9. The summed E-state index contributed by atoms with van der Waals surface area (Å²) in [4.78, 5) is 8.18. The average molecular weight is 1150 g/mol. The van der Waals surface area contributed by atoms with Gasteiger partial charge >= 0.3 is 0 Å². The van der Waals surface area contributed by atoms with Gasteiger partial charge in [-0.15, -0.1) is 11.8 Å². The van der Waals surface area contributed by atoms with Crippen LogP contribution in [0.2, 0.25) is 0 Å². The van der Waals surface area contributed by atoms with Gasteiger partial charge in [-0.3, -0.25) is 0 Å². The Morgan fingerprint density at radius 3 is 2.23 bits per heavy atom. The zero-order chi connectivity index (χ0) is 56.8. The molecule has 2 saturated heterocycles. The lowest BCUT2D eigenvalue weighted by molar-refractivity contribution is -0.854. The van der Waals surface area contributed by atoms with Crippen LogP contribution in [-0.2, 0) is 11.2 Å². The molecular weight excluding hydrogens is 1090 g/mol. The van der Waals surface area contributed by atoms with E-state index >= 15 is 0 Å². The van der Waals surface area contributed by atoms with E-state index in [4.69, 9.17) is 8.83 Å². The van der Waals surface area contributed by atoms with E-state index in [0.29, 0.717) is 6.04 Å². The van der Waals surface area contributed by atoms with Crippen LogP contribution < -0.4 is 9.80 Å². The number of aromatic nitrogens is 1. The van der Waals surface area contributed by atoms with Crippen LogP contribution in [-0.4, -0.2) is 25.5 Å². The Labute approximate surface area is 508 Å². The molecule has 10 unspecified atom stereocenters. The summed E-state index contributed by atoms with van der Waals surface area (Å²) in [6.45, 7) is 14.6. The molecule has 10 atom stereocenters. The summed E-state index contributed by atoms with van der Waals surface area (Å²) in [5, 5.41) is 4.96. The Balaban J connectivity index is 0.864. The number of nitrogens with zero attached hydrogens (tertiary/aromatic N) is 4. The van der Waals surface area contributed by atoms with E-state index in [1.54, 1.807) is 11.3 Å². The van der Waals surface area contributed by atoms with Crippen molar-refractivity contribution in [2.45, 2.75) is 104 Å². The molecule has 0 bridgehead atoms. The maximum absolute atomic E-state index is 7.29. The highest BCUT2D eigenvalue weighted by molar-refractivity contribution is 8.01. The Hall–Kier alpha value is -8.14. The van der Waals surface area contributed by atoms with Gasteiger partial charge < -0.3 is 23.2 Å². The Bertz CT molecular complexity index is 5150. The molecular formula is C78H61N4O2S2+. The highest BCUT2D eigenvalue weighted by Crippen LogP contribution is 2.93. The summed E-state index contributed by atoms with van der Waals surface area (Å²) < 4.78 is 18.1. The fraction of sp³-hybridized carbons (Fsp3) is 0.231. The Morgan fingerprint density at radius 2 is 1.42 bits per heavy atom. The standard InChI is InChI=1S/C78H61N4O2S2/c1-41-19-10-13-29-57(41)80(61-38-45-37-52(45)64-51-28-17-21-44(4)71(51)84-73(61)64)58-36-35-54-68-65(58)53-40-76(5)56(39-60(53)81(68)74-49-24-11-14-31-62(49)85-77(54,74)6)66-67(42(2)33-34-55-69(66)82(76)75-50-25-12-15-32-63(50)86-78(55,75)82)79(46-22-8-7-9-23-46)59-30-18-27-48-47-26-16-20-43(3)70(47)83-72(48)59/h7-18,20-32,34-39,41-42,45,67,74-75H,19,33,40H2,1-6H3/q+1. The zero-order valence-electron chi connectivity index (χ0n) is 48.9. The van der Waals surface area contributed by atoms with Crippen LogP contribution in [0.3, 0.4) is 0 Å². The van der Waals surface area contributed by atoms with Crippen LogP contribution in [0.15, 0.2) is 229 Å². The van der Waals surface area contributed by atoms with E-state index in [1.165, 1.54) is 110 Å². The molecule has 7 aromatic carbocycles. The first-order chi connectivity index (χ1) is 42.0. The number of thioether (sulfide) groups is 2. The van der Waals surface area contributed by atoms with Crippen molar-refractivity contribution in [3.63, 3.8) is 0 Å². The van der Waals surface area contributed by atoms with Gasteiger partial charge in [-0.05, 0) is 146 Å². The molecule has 2 fully saturated rings. The number of rotatable bonds is 6. The van der Waals surface area contributed by atoms with Crippen LogP contribution in [0.5, 0.6) is 0 Å². The highest BCUT2D eigenvalue weighted by atomic mass is 32.2. The molecule has 21 rings (SSSR count). The van der Waals surface area contributed by atoms with Gasteiger partial charge in [-0.25, -0.2) is 4.48 Å². The minimum atomic E-state index is -0.317. The molecule has 416 valence electrons. The van der Waals surface area contributed by atoms with Crippen LogP contribution >= 0.6 is 23.5 Å². The monoisotopic (exact) mass is 1150 g/mol. The summed E-state index contributed by atoms with van der Waals surface area (Å²) in [7, 11) is 0. The SMILES string of the molecule is Cc1cccc2c3c(oc12)C(N(C1=CC=CCC1C)c1ccc2c4c1c1c(n4C4c5ccccc5SC24C)C=C2C4=C5C(=CCC(C)C4N(c4ccccc4)c4cccc6c4oc4c(C)cccc46)C46Sc7ccccc7C4[N+]56C2(C)C1)=CC1C=C31. The quantitative estimate of drug-likeness (QED) is 0.122. The minimum Gasteiger partial charge on any atom is -0.454 e. The van der Waals surface area contributed by atoms with Crippen LogP contribution in [0, 0.1) is 31.6 Å². The van der Waals surface area contributed by atoms with E-state index < -0.39 is 0 Å². The van der Waals surface area contributed by atoms with Crippen molar-refractivity contribution in [2.75, 3.05) is 9.80 Å². The van der Waals surface area contributed by atoms with Crippen LogP contribution in [0.1, 0.15) is 103 Å². The highest BCUT2D eigenvalue weighted by Gasteiger charge is 3.02. The van der Waals surface area contributed by atoms with E-state index in [-0.39, 0.29) is 45.0 Å². The van der Waals surface area contributed by atoms with Crippen molar-refractivity contribution < 1.29 is 13.3 Å². The first kappa shape index (κ1) is 48.0. The molecule has 86 heavy (non-hydrogen) atoms. The van der Waals surface area contributed by atoms with Gasteiger partial charge in [-0.2, -0.15) is 0 Å². The summed E-state index contributed by atoms with van der Waals surface area (Å²) in [5.74, 6) is 1.79. The summed E-state index contributed by atoms with van der Waals surface area (Å²) in [6, 6.07) is 55.8. The third-order valence-electron chi connectivity index (χ3n) is 22.8. The number of anilines is 3. The van der Waals surface area contributed by atoms with Gasteiger partial charge in [0.15, 0.2) is 23.1 Å². The first-order valence-electron chi connectivity index (χ1n) is 31.3. The number of furan rings is 2. The molecule has 0 amide bonds. The van der Waals surface area contributed by atoms with Crippen molar-refractivity contribution in [1.29, 1.82) is 0 Å². The van der Waals surface area contributed by atoms with Gasteiger partial charge in [0.1, 0.15) is 16.7 Å². The number of benzene rings is 7. The molecule has 8 heteroatoms. The summed E-state index contributed by atoms with van der Waals surface area (Å²) >= 11 is 4.26. The summed E-state index contributed by atoms with van der Waals surface area (Å²) in [5.41, 5.74) is 28.6. The predicted molar refractivity (Wildman–Crippen MR) is 351 cm³/mol. The lowest BCUT2D eigenvalue weighted by Crippen LogP contribution is -2.59. The van der Waals surface area contributed by atoms with Crippen molar-refractivity contribution in [3.8, 4) is 0 Å². The van der Waals surface area contributed by atoms with E-state index in [2.05, 4.69) is 268 Å². The average Bonchev–Trinajstić information content (AvgIpc) is 1.39. The molecule has 5 aliphatic carbocycles. The smallest absolute Gasteiger partial charge is 0.245 e. The molecule has 11 aliphatic rings. The van der Waals surface area contributed by atoms with Gasteiger partial charge in [0.25, 0.3) is 0 Å². The molecule has 0 saturated carbocycles. The van der Waals surface area contributed by atoms with E-state index in [1.807, 2.05) is 0 Å². The third kappa shape index (κ3) is 5.28. The van der Waals surface area contributed by atoms with E-state index in [0.717, 1.165) is 62.9 Å². The number of hydrogen-bond donors (Lipinski definition) is 0. The molecule has 0 radical (unpaired) electrons. The normalized spacial score (nSPS) is 30.0. The number of aryl methyl sites for hydroxylation is 2. The maximum Gasteiger partial charge on any atom is 0.245 e. The zero-order valence-corrected chi connectivity index (χ0v) is 50.5. The molecule has 10 aromatic rings. The lowest BCUT2D eigenvalue weighted by atomic mass is 9.74. The topological polar surface area (TPSA) is 37.7 Å². The number of para-hydroxylation sites is 4. The third-order valence-corrected chi connectivity index (χ3v) is 25.9. The molecule has 0 N–H and O–H groups in total. The van der Waals surface area contributed by atoms with Gasteiger partial charge in [0, 0.05) is 88.9 Å². The maximum atomic E-state index is 7.29. The molecule has 6 aliphatic heterocycles. The molecule has 9 heterocycles. The summed E-state index contributed by atoms with van der Waals surface area (Å²) in [6.07, 6.45) is 20.4. The Morgan fingerprint density at radius 1 is 0.686 bits per heavy atom. The second-order valence-corrected chi connectivity index (χ2v) is 29.9. The lowest BCUT2D eigenvalue weighted by Gasteiger charge is -2.48. The minimum absolute atomic E-state index is 0.0178. The van der Waals surface area contributed by atoms with Gasteiger partial charge in [0.2, 0.25) is 4.87 Å². The second kappa shape index (κ2) is 15.7. The molecule has 2 spiro atoms. The Kier molecular flexibility index (Phi) is 8.77. The second-order valence-electron chi connectivity index (χ2n) is 27.1. The number of allylic oxidation sites excluding steroid dienone is 8. The number of quaternary nitrogens is 1. The predicted octanol–water partition coefficient (Wildman–Crippen LogP) is 19.7. The molecule has 3 aromatic heterocycles. The van der Waals surface area contributed by atoms with Crippen LogP contribution in [0.4, 0.5) is 17.1 Å². The van der Waals surface area contributed by atoms with Gasteiger partial charge in [-0.1, -0.05) is 147 Å². The largest absolute Gasteiger partial charge is 0.454 e. The fourth-order valence-electron chi connectivity index (χ4n) is 19.3. The van der Waals surface area contributed by atoms with Gasteiger partial charge in [0.05, 0.1) is 45.0 Å². The van der Waals surface area contributed by atoms with Crippen molar-refractivity contribution in [3.05, 3.63) is 261 Å². The number of fused-ring (bicyclic) bond motifs is 20. The van der Waals surface area contributed by atoms with E-state index in [9.17, 15) is 0 Å². The number of hydrogen-bond acceptors (Lipinski definition) is 6. The fourth-order valence-corrected chi connectivity index (χ4v) is 22.8. The van der Waals surface area contributed by atoms with Crippen molar-refractivity contribution >= 4 is 102 Å². The van der Waals surface area contributed by atoms with Crippen molar-refractivity contribution in [1.82, 2.24) is 4.57 Å². The molecule has 6 nitrogen and oxygen atoms in total.